The molecular formula is C16H18N4O2. The number of amides is 3. The number of nitrogens with one attached hydrogen (secondary N) is 3. The molecule has 2 aromatic rings. The lowest BCUT2D eigenvalue weighted by Crippen LogP contribution is -2.34. The monoisotopic (exact) mass is 298 g/mol. The predicted molar refractivity (Wildman–Crippen MR) is 85.9 cm³/mol. The Morgan fingerprint density at radius 2 is 1.82 bits per heavy atom. The third kappa shape index (κ3) is 4.31. The van der Waals surface area contributed by atoms with E-state index in [2.05, 4.69) is 20.9 Å². The fraction of sp³-hybridized carbons (Fsp3) is 0.188. The molecule has 0 saturated heterocycles. The zero-order valence-electron chi connectivity index (χ0n) is 12.5. The van der Waals surface area contributed by atoms with Gasteiger partial charge in [0.1, 0.15) is 0 Å². The van der Waals surface area contributed by atoms with Crippen molar-refractivity contribution in [3.05, 3.63) is 54.4 Å². The van der Waals surface area contributed by atoms with Crippen LogP contribution in [0.3, 0.4) is 0 Å². The summed E-state index contributed by atoms with van der Waals surface area (Å²) in [5, 5.41) is 8.14. The van der Waals surface area contributed by atoms with Crippen LogP contribution in [-0.4, -0.2) is 23.0 Å². The minimum atomic E-state index is -0.350. The molecule has 114 valence electrons. The average molecular weight is 298 g/mol. The number of anilines is 2. The second kappa shape index (κ2) is 7.21. The Bertz CT molecular complexity index is 656. The van der Waals surface area contributed by atoms with Crippen molar-refractivity contribution in [2.24, 2.45) is 0 Å². The molecule has 0 aliphatic carbocycles. The molecule has 3 N–H and O–H groups in total. The molecule has 0 aliphatic rings. The first-order chi connectivity index (χ1) is 10.6. The van der Waals surface area contributed by atoms with Gasteiger partial charge in [-0.05, 0) is 38.1 Å². The van der Waals surface area contributed by atoms with Crippen LogP contribution in [-0.2, 0) is 0 Å². The molecule has 0 fully saturated rings. The standard InChI is InChI=1S/C16H18N4O2/c1-11(2)18-16(22)20-14-8-4-3-7-13(14)15(21)19-12-6-5-9-17-10-12/h3-11H,1-2H3,(H,19,21)(H2,18,20,22). The predicted octanol–water partition coefficient (Wildman–Crippen LogP) is 2.86. The van der Waals surface area contributed by atoms with Crippen LogP contribution in [0.2, 0.25) is 0 Å². The van der Waals surface area contributed by atoms with E-state index in [1.54, 1.807) is 48.8 Å². The maximum absolute atomic E-state index is 12.3. The molecule has 0 bridgehead atoms. The van der Waals surface area contributed by atoms with Gasteiger partial charge < -0.3 is 16.0 Å². The zero-order chi connectivity index (χ0) is 15.9. The minimum absolute atomic E-state index is 0.0105. The summed E-state index contributed by atoms with van der Waals surface area (Å²) in [6, 6.07) is 9.96. The summed E-state index contributed by atoms with van der Waals surface area (Å²) in [5.74, 6) is -0.312. The molecule has 0 atom stereocenters. The highest BCUT2D eigenvalue weighted by Gasteiger charge is 2.13. The molecule has 1 heterocycles. The quantitative estimate of drug-likeness (QED) is 0.811. The van der Waals surface area contributed by atoms with Crippen molar-refractivity contribution in [1.29, 1.82) is 0 Å². The van der Waals surface area contributed by atoms with E-state index in [4.69, 9.17) is 0 Å². The van der Waals surface area contributed by atoms with Crippen molar-refractivity contribution in [2.75, 3.05) is 10.6 Å². The number of hydrogen-bond acceptors (Lipinski definition) is 3. The van der Waals surface area contributed by atoms with Crippen LogP contribution in [0.5, 0.6) is 0 Å². The second-order valence-corrected chi connectivity index (χ2v) is 4.99. The van der Waals surface area contributed by atoms with Crippen LogP contribution in [0.15, 0.2) is 48.8 Å². The first-order valence-electron chi connectivity index (χ1n) is 6.94. The normalized spacial score (nSPS) is 10.1. The molecule has 0 spiro atoms. The summed E-state index contributed by atoms with van der Waals surface area (Å²) < 4.78 is 0. The van der Waals surface area contributed by atoms with Gasteiger partial charge in [0, 0.05) is 12.2 Å². The van der Waals surface area contributed by atoms with Gasteiger partial charge in [0.2, 0.25) is 0 Å². The molecule has 0 unspecified atom stereocenters. The first kappa shape index (κ1) is 15.5. The van der Waals surface area contributed by atoms with Gasteiger partial charge in [-0.1, -0.05) is 12.1 Å². The number of carbonyl (C=O) groups excluding carboxylic acids is 2. The van der Waals surface area contributed by atoms with Crippen LogP contribution in [0.4, 0.5) is 16.2 Å². The molecule has 2 rings (SSSR count). The zero-order valence-corrected chi connectivity index (χ0v) is 12.5. The Morgan fingerprint density at radius 3 is 2.50 bits per heavy atom. The van der Waals surface area contributed by atoms with Crippen molar-refractivity contribution >= 4 is 23.3 Å². The molecule has 0 saturated carbocycles. The molecule has 6 nitrogen and oxygen atoms in total. The number of urea groups is 1. The van der Waals surface area contributed by atoms with E-state index in [1.165, 1.54) is 0 Å². The molecule has 1 aromatic carbocycles. The number of nitrogens with zero attached hydrogens (tertiary/aromatic N) is 1. The van der Waals surface area contributed by atoms with Gasteiger partial charge >= 0.3 is 6.03 Å². The van der Waals surface area contributed by atoms with Gasteiger partial charge in [-0.3, -0.25) is 9.78 Å². The summed E-state index contributed by atoms with van der Waals surface area (Å²) >= 11 is 0. The van der Waals surface area contributed by atoms with Gasteiger partial charge in [-0.25, -0.2) is 4.79 Å². The van der Waals surface area contributed by atoms with E-state index in [-0.39, 0.29) is 18.0 Å². The van der Waals surface area contributed by atoms with E-state index in [1.807, 2.05) is 13.8 Å². The van der Waals surface area contributed by atoms with Crippen LogP contribution in [0.25, 0.3) is 0 Å². The van der Waals surface area contributed by atoms with E-state index in [0.29, 0.717) is 16.9 Å². The number of aromatic nitrogens is 1. The summed E-state index contributed by atoms with van der Waals surface area (Å²) in [4.78, 5) is 28.1. The number of pyridine rings is 1. The van der Waals surface area contributed by atoms with Crippen molar-refractivity contribution in [2.45, 2.75) is 19.9 Å². The molecule has 0 aliphatic heterocycles. The van der Waals surface area contributed by atoms with Gasteiger partial charge in [-0.2, -0.15) is 0 Å². The van der Waals surface area contributed by atoms with E-state index < -0.39 is 0 Å². The second-order valence-electron chi connectivity index (χ2n) is 4.99. The van der Waals surface area contributed by atoms with Gasteiger partial charge in [0.05, 0.1) is 23.1 Å². The summed E-state index contributed by atoms with van der Waals surface area (Å²) in [6.07, 6.45) is 3.18. The Labute approximate surface area is 129 Å². The highest BCUT2D eigenvalue weighted by atomic mass is 16.2. The summed E-state index contributed by atoms with van der Waals surface area (Å²) in [7, 11) is 0. The highest BCUT2D eigenvalue weighted by Crippen LogP contribution is 2.17. The van der Waals surface area contributed by atoms with Crippen molar-refractivity contribution in [3.8, 4) is 0 Å². The number of hydrogen-bond donors (Lipinski definition) is 3. The van der Waals surface area contributed by atoms with Crippen LogP contribution >= 0.6 is 0 Å². The number of benzene rings is 1. The van der Waals surface area contributed by atoms with Crippen molar-refractivity contribution in [1.82, 2.24) is 10.3 Å². The first-order valence-corrected chi connectivity index (χ1v) is 6.94. The summed E-state index contributed by atoms with van der Waals surface area (Å²) in [6.45, 7) is 3.72. The number of para-hydroxylation sites is 1. The Hall–Kier alpha value is -2.89. The van der Waals surface area contributed by atoms with Crippen molar-refractivity contribution in [3.63, 3.8) is 0 Å². The number of rotatable bonds is 4. The average Bonchev–Trinajstić information content (AvgIpc) is 2.47. The van der Waals surface area contributed by atoms with Crippen LogP contribution in [0, 0.1) is 0 Å². The van der Waals surface area contributed by atoms with Gasteiger partial charge in [0.25, 0.3) is 5.91 Å². The molecule has 3 amide bonds. The Kier molecular flexibility index (Phi) is 5.08. The van der Waals surface area contributed by atoms with Crippen LogP contribution < -0.4 is 16.0 Å². The molecule has 0 radical (unpaired) electrons. The maximum Gasteiger partial charge on any atom is 0.319 e. The van der Waals surface area contributed by atoms with E-state index in [0.717, 1.165) is 0 Å². The lowest BCUT2D eigenvalue weighted by molar-refractivity contribution is 0.102. The SMILES string of the molecule is CC(C)NC(=O)Nc1ccccc1C(=O)Nc1cccnc1. The lowest BCUT2D eigenvalue weighted by atomic mass is 10.1. The Balaban J connectivity index is 2.14. The smallest absolute Gasteiger partial charge is 0.319 e. The van der Waals surface area contributed by atoms with E-state index in [9.17, 15) is 9.59 Å². The molecular weight excluding hydrogens is 280 g/mol. The fourth-order valence-corrected chi connectivity index (χ4v) is 1.85. The molecule has 6 heteroatoms. The number of carbonyl (C=O) groups is 2. The Morgan fingerprint density at radius 1 is 1.05 bits per heavy atom. The van der Waals surface area contributed by atoms with E-state index >= 15 is 0 Å². The fourth-order valence-electron chi connectivity index (χ4n) is 1.85. The third-order valence-corrected chi connectivity index (χ3v) is 2.76. The molecule has 22 heavy (non-hydrogen) atoms. The van der Waals surface area contributed by atoms with Crippen molar-refractivity contribution < 1.29 is 9.59 Å². The maximum atomic E-state index is 12.3. The summed E-state index contributed by atoms with van der Waals surface area (Å²) in [5.41, 5.74) is 1.42. The highest BCUT2D eigenvalue weighted by molar-refractivity contribution is 6.09. The molecule has 1 aromatic heterocycles. The van der Waals surface area contributed by atoms with Crippen LogP contribution in [0.1, 0.15) is 24.2 Å². The largest absolute Gasteiger partial charge is 0.336 e. The van der Waals surface area contributed by atoms with Gasteiger partial charge in [-0.15, -0.1) is 0 Å². The minimum Gasteiger partial charge on any atom is -0.336 e. The lowest BCUT2D eigenvalue weighted by Gasteiger charge is -2.13. The third-order valence-electron chi connectivity index (χ3n) is 2.76. The topological polar surface area (TPSA) is 83.1 Å². The van der Waals surface area contributed by atoms with Gasteiger partial charge in [0.15, 0.2) is 0 Å².